The smallest absolute Gasteiger partial charge is 0.424 e. The van der Waals surface area contributed by atoms with Crippen LogP contribution in [0.15, 0.2) is 48.5 Å². The maximum atomic E-state index is 12.4. The van der Waals surface area contributed by atoms with E-state index in [-0.39, 0.29) is 11.4 Å². The van der Waals surface area contributed by atoms with Gasteiger partial charge in [-0.1, -0.05) is 23.7 Å². The molecule has 0 saturated heterocycles. The molecule has 0 amide bonds. The molecule has 1 unspecified atom stereocenters. The number of aromatic nitrogens is 1. The molecule has 3 aromatic rings. The number of rotatable bonds is 5. The summed E-state index contributed by atoms with van der Waals surface area (Å²) in [5.74, 6) is -0.590. The van der Waals surface area contributed by atoms with Crippen LogP contribution < -0.4 is 14.6 Å². The number of benzene rings is 2. The van der Waals surface area contributed by atoms with Crippen LogP contribution in [0.1, 0.15) is 0 Å². The first kappa shape index (κ1) is 19.3. The Morgan fingerprint density at radius 3 is 2.63 bits per heavy atom. The van der Waals surface area contributed by atoms with Crippen LogP contribution in [0.3, 0.4) is 0 Å². The lowest BCUT2D eigenvalue weighted by Gasteiger charge is -2.14. The molecule has 2 aromatic carbocycles. The minimum absolute atomic E-state index is 0.121. The van der Waals surface area contributed by atoms with E-state index >= 15 is 0 Å². The van der Waals surface area contributed by atoms with Gasteiger partial charge in [0.1, 0.15) is 11.6 Å². The van der Waals surface area contributed by atoms with Crippen molar-refractivity contribution in [3.05, 3.63) is 53.6 Å². The molecule has 1 atom stereocenters. The molecular formula is C16H11ClF3N2O4P. The summed E-state index contributed by atoms with van der Waals surface area (Å²) in [4.78, 5) is 13.3. The third-order valence-electron chi connectivity index (χ3n) is 3.32. The number of hydrogen-bond donors (Lipinski definition) is 2. The van der Waals surface area contributed by atoms with E-state index in [1.54, 1.807) is 24.3 Å². The monoisotopic (exact) mass is 418 g/mol. The zero-order valence-electron chi connectivity index (χ0n) is 13.2. The highest BCUT2D eigenvalue weighted by Gasteiger charge is 2.31. The number of para-hydroxylation sites is 1. The predicted octanol–water partition coefficient (Wildman–Crippen LogP) is 5.29. The van der Waals surface area contributed by atoms with Crippen molar-refractivity contribution in [2.45, 2.75) is 6.36 Å². The third-order valence-corrected chi connectivity index (χ3v) is 4.02. The van der Waals surface area contributed by atoms with Crippen LogP contribution in [0, 0.1) is 0 Å². The Hall–Kier alpha value is -2.48. The van der Waals surface area contributed by atoms with Crippen molar-refractivity contribution in [1.82, 2.24) is 4.98 Å². The standard InChI is InChI=1S/C16H11ClF3N2O4P/c17-11-3-1-2-9-4-7-14(22-15(9)11)21-12-6-5-10(25-16(18,19)20)8-13(12)26-27(23)24/h1-8,27H,(H,21,22)(H,23,24). The van der Waals surface area contributed by atoms with Gasteiger partial charge in [-0.3, -0.25) is 0 Å². The summed E-state index contributed by atoms with van der Waals surface area (Å²) in [6.45, 7) is 0. The van der Waals surface area contributed by atoms with E-state index in [4.69, 9.17) is 21.0 Å². The van der Waals surface area contributed by atoms with Crippen molar-refractivity contribution in [1.29, 1.82) is 0 Å². The molecule has 3 rings (SSSR count). The number of fused-ring (bicyclic) bond motifs is 1. The number of ether oxygens (including phenoxy) is 1. The first-order chi connectivity index (χ1) is 12.7. The van der Waals surface area contributed by atoms with E-state index in [9.17, 15) is 17.7 Å². The van der Waals surface area contributed by atoms with Crippen LogP contribution in [-0.2, 0) is 4.57 Å². The van der Waals surface area contributed by atoms with Crippen LogP contribution in [0.2, 0.25) is 5.02 Å². The van der Waals surface area contributed by atoms with Crippen molar-refractivity contribution in [3.8, 4) is 11.5 Å². The Balaban J connectivity index is 1.95. The van der Waals surface area contributed by atoms with Gasteiger partial charge in [0.2, 0.25) is 0 Å². The molecule has 142 valence electrons. The number of anilines is 2. The van der Waals surface area contributed by atoms with E-state index in [1.807, 2.05) is 6.07 Å². The van der Waals surface area contributed by atoms with Gasteiger partial charge in [0, 0.05) is 11.5 Å². The van der Waals surface area contributed by atoms with Crippen molar-refractivity contribution < 1.29 is 31.9 Å². The number of nitrogens with one attached hydrogen (secondary N) is 1. The largest absolute Gasteiger partial charge is 0.573 e. The first-order valence-electron chi connectivity index (χ1n) is 7.34. The second-order valence-electron chi connectivity index (χ2n) is 5.21. The van der Waals surface area contributed by atoms with Crippen LogP contribution in [0.5, 0.6) is 11.5 Å². The summed E-state index contributed by atoms with van der Waals surface area (Å²) in [5.41, 5.74) is 0.634. The third kappa shape index (κ3) is 5.03. The molecule has 6 nitrogen and oxygen atoms in total. The number of alkyl halides is 3. The summed E-state index contributed by atoms with van der Waals surface area (Å²) < 4.78 is 56.6. The highest BCUT2D eigenvalue weighted by Crippen LogP contribution is 2.37. The number of nitrogens with zero attached hydrogens (tertiary/aromatic N) is 1. The van der Waals surface area contributed by atoms with E-state index in [0.717, 1.165) is 17.5 Å². The van der Waals surface area contributed by atoms with Crippen molar-refractivity contribution in [3.63, 3.8) is 0 Å². The molecule has 1 aromatic heterocycles. The fourth-order valence-corrected chi connectivity index (χ4v) is 2.88. The summed E-state index contributed by atoms with van der Waals surface area (Å²) in [7, 11) is -3.47. The lowest BCUT2D eigenvalue weighted by Crippen LogP contribution is -2.17. The highest BCUT2D eigenvalue weighted by atomic mass is 35.5. The highest BCUT2D eigenvalue weighted by molar-refractivity contribution is 7.32. The van der Waals surface area contributed by atoms with Gasteiger partial charge in [0.15, 0.2) is 5.75 Å². The summed E-state index contributed by atoms with van der Waals surface area (Å²) in [6.07, 6.45) is -4.91. The molecule has 0 aliphatic carbocycles. The Morgan fingerprint density at radius 2 is 1.93 bits per heavy atom. The van der Waals surface area contributed by atoms with Gasteiger partial charge < -0.3 is 19.5 Å². The van der Waals surface area contributed by atoms with Gasteiger partial charge in [0.25, 0.3) is 0 Å². The van der Waals surface area contributed by atoms with E-state index < -0.39 is 20.4 Å². The molecule has 0 aliphatic heterocycles. The zero-order chi connectivity index (χ0) is 19.6. The van der Waals surface area contributed by atoms with Crippen LogP contribution in [0.25, 0.3) is 10.9 Å². The normalized spacial score (nSPS) is 12.6. The maximum Gasteiger partial charge on any atom is 0.573 e. The molecule has 11 heteroatoms. The SMILES string of the molecule is O=[PH](O)Oc1cc(OC(F)(F)F)ccc1Nc1ccc2cccc(Cl)c2n1. The van der Waals surface area contributed by atoms with Crippen LogP contribution >= 0.6 is 19.9 Å². The molecule has 0 spiro atoms. The van der Waals surface area contributed by atoms with Crippen molar-refractivity contribution in [2.24, 2.45) is 0 Å². The first-order valence-corrected chi connectivity index (χ1v) is 8.98. The van der Waals surface area contributed by atoms with Gasteiger partial charge in [-0.15, -0.1) is 13.2 Å². The second-order valence-corrected chi connectivity index (χ2v) is 6.35. The quantitative estimate of drug-likeness (QED) is 0.548. The number of pyridine rings is 1. The zero-order valence-corrected chi connectivity index (χ0v) is 15.0. The molecule has 2 N–H and O–H groups in total. The average molecular weight is 419 g/mol. The van der Waals surface area contributed by atoms with E-state index in [1.165, 1.54) is 6.07 Å². The van der Waals surface area contributed by atoms with E-state index in [0.29, 0.717) is 16.4 Å². The van der Waals surface area contributed by atoms with Gasteiger partial charge >= 0.3 is 14.6 Å². The Morgan fingerprint density at radius 1 is 1.15 bits per heavy atom. The van der Waals surface area contributed by atoms with Gasteiger partial charge in [-0.05, 0) is 30.3 Å². The van der Waals surface area contributed by atoms with Crippen LogP contribution in [0.4, 0.5) is 24.7 Å². The molecule has 0 bridgehead atoms. The van der Waals surface area contributed by atoms with Gasteiger partial charge in [-0.2, -0.15) is 0 Å². The molecule has 1 heterocycles. The van der Waals surface area contributed by atoms with E-state index in [2.05, 4.69) is 15.0 Å². The minimum atomic E-state index is -4.91. The summed E-state index contributed by atoms with van der Waals surface area (Å²) in [6, 6.07) is 11.7. The molecule has 0 aliphatic rings. The molecule has 0 radical (unpaired) electrons. The predicted molar refractivity (Wildman–Crippen MR) is 95.0 cm³/mol. The fourth-order valence-electron chi connectivity index (χ4n) is 2.30. The van der Waals surface area contributed by atoms with Gasteiger partial charge in [0.05, 0.1) is 16.2 Å². The molecular weight excluding hydrogens is 408 g/mol. The molecule has 0 saturated carbocycles. The summed E-state index contributed by atoms with van der Waals surface area (Å²) in [5, 5.41) is 4.03. The lowest BCUT2D eigenvalue weighted by atomic mass is 10.2. The Labute approximate surface area is 156 Å². The second kappa shape index (κ2) is 7.64. The van der Waals surface area contributed by atoms with Crippen molar-refractivity contribution in [2.75, 3.05) is 5.32 Å². The van der Waals surface area contributed by atoms with Crippen LogP contribution in [-0.4, -0.2) is 16.2 Å². The molecule has 27 heavy (non-hydrogen) atoms. The Kier molecular flexibility index (Phi) is 5.46. The number of halogens is 4. The van der Waals surface area contributed by atoms with Crippen molar-refractivity contribution >= 4 is 42.3 Å². The average Bonchev–Trinajstić information content (AvgIpc) is 2.56. The molecule has 0 fully saturated rings. The lowest BCUT2D eigenvalue weighted by molar-refractivity contribution is -0.274. The topological polar surface area (TPSA) is 80.7 Å². The Bertz CT molecular complexity index is 1020. The summed E-state index contributed by atoms with van der Waals surface area (Å²) >= 11 is 6.11. The fraction of sp³-hybridized carbons (Fsp3) is 0.0625. The van der Waals surface area contributed by atoms with Gasteiger partial charge in [-0.25, -0.2) is 9.55 Å². The number of hydrogen-bond acceptors (Lipinski definition) is 5. The maximum absolute atomic E-state index is 12.4. The minimum Gasteiger partial charge on any atom is -0.424 e.